The van der Waals surface area contributed by atoms with Gasteiger partial charge < -0.3 is 19.3 Å². The lowest BCUT2D eigenvalue weighted by Gasteiger charge is -2.22. The largest absolute Gasteiger partial charge is 0.502 e. The quantitative estimate of drug-likeness (QED) is 0.0977. The van der Waals surface area contributed by atoms with E-state index in [2.05, 4.69) is 0 Å². The Morgan fingerprint density at radius 2 is 1.17 bits per heavy atom. The topological polar surface area (TPSA) is 171 Å². The van der Waals surface area contributed by atoms with Crippen LogP contribution in [-0.2, 0) is 42.1 Å². The SMILES string of the molecule is C1=COCCC1.Cc1ccc(S(=O)(=O)O)cc1.Cc1ccc(S(=O)(=O)SCCCO)cc1.Cc1ccc(S(=O)(=O)SCCCOC2CCCCO2)cc1. The highest BCUT2D eigenvalue weighted by Gasteiger charge is 2.17. The van der Waals surface area contributed by atoms with Crippen LogP contribution in [0.3, 0.4) is 0 Å². The molecule has 3 aromatic rings. The van der Waals surface area contributed by atoms with E-state index >= 15 is 0 Å². The molecule has 5 rings (SSSR count). The molecule has 2 N–H and O–H groups in total. The molecule has 1 fully saturated rings. The molecule has 0 spiro atoms. The molecular formula is C37H52O11S5. The maximum absolute atomic E-state index is 12.1. The van der Waals surface area contributed by atoms with Crippen LogP contribution in [0.2, 0.25) is 0 Å². The van der Waals surface area contributed by atoms with Gasteiger partial charge in [-0.2, -0.15) is 8.42 Å². The van der Waals surface area contributed by atoms with Crippen molar-refractivity contribution < 1.29 is 49.1 Å². The Labute approximate surface area is 323 Å². The first kappa shape index (κ1) is 46.7. The molecular weight excluding hydrogens is 781 g/mol. The zero-order valence-corrected chi connectivity index (χ0v) is 34.5. The summed E-state index contributed by atoms with van der Waals surface area (Å²) < 4.78 is 93.1. The molecule has 0 bridgehead atoms. The first-order valence-electron chi connectivity index (χ1n) is 17.2. The Kier molecular flexibility index (Phi) is 21.9. The van der Waals surface area contributed by atoms with E-state index in [1.165, 1.54) is 25.0 Å². The molecule has 16 heteroatoms. The van der Waals surface area contributed by atoms with E-state index in [1.807, 2.05) is 39.0 Å². The third-order valence-electron chi connectivity index (χ3n) is 7.27. The van der Waals surface area contributed by atoms with Crippen LogP contribution in [-0.4, -0.2) is 79.1 Å². The van der Waals surface area contributed by atoms with E-state index in [0.29, 0.717) is 40.7 Å². The second-order valence-electron chi connectivity index (χ2n) is 11.9. The second kappa shape index (κ2) is 24.9. The number of benzene rings is 3. The molecule has 0 saturated carbocycles. The van der Waals surface area contributed by atoms with Gasteiger partial charge in [0.2, 0.25) is 17.7 Å². The van der Waals surface area contributed by atoms with Gasteiger partial charge in [-0.1, -0.05) is 53.1 Å². The maximum Gasteiger partial charge on any atom is 0.294 e. The summed E-state index contributed by atoms with van der Waals surface area (Å²) in [5.41, 5.74) is 3.05. The Bertz CT molecular complexity index is 1800. The van der Waals surface area contributed by atoms with Gasteiger partial charge in [0.1, 0.15) is 0 Å². The van der Waals surface area contributed by atoms with Gasteiger partial charge in [-0.05, 0) is 130 Å². The van der Waals surface area contributed by atoms with Crippen LogP contribution in [0, 0.1) is 20.8 Å². The highest BCUT2D eigenvalue weighted by molar-refractivity contribution is 8.72. The molecule has 1 unspecified atom stereocenters. The van der Waals surface area contributed by atoms with Crippen LogP contribution in [0.1, 0.15) is 61.6 Å². The molecule has 0 aromatic heterocycles. The molecule has 2 aliphatic heterocycles. The average molecular weight is 833 g/mol. The lowest BCUT2D eigenvalue weighted by atomic mass is 10.2. The second-order valence-corrected chi connectivity index (χ2v) is 21.5. The van der Waals surface area contributed by atoms with Crippen LogP contribution in [0.25, 0.3) is 0 Å². The molecule has 296 valence electrons. The predicted molar refractivity (Wildman–Crippen MR) is 213 cm³/mol. The molecule has 2 heterocycles. The maximum atomic E-state index is 12.1. The Balaban J connectivity index is 0.000000265. The highest BCUT2D eigenvalue weighted by atomic mass is 33.1. The normalized spacial score (nSPS) is 15.7. The van der Waals surface area contributed by atoms with E-state index in [9.17, 15) is 25.3 Å². The lowest BCUT2D eigenvalue weighted by molar-refractivity contribution is -0.162. The fraction of sp³-hybridized carbons (Fsp3) is 0.459. The fourth-order valence-corrected chi connectivity index (χ4v) is 10.4. The van der Waals surface area contributed by atoms with Crippen LogP contribution in [0.5, 0.6) is 0 Å². The third kappa shape index (κ3) is 20.2. The minimum atomic E-state index is -4.02. The monoisotopic (exact) mass is 832 g/mol. The summed E-state index contributed by atoms with van der Waals surface area (Å²) in [6.07, 6.45) is 10.5. The fourth-order valence-electron chi connectivity index (χ4n) is 4.26. The molecule has 1 atom stereocenters. The number of aliphatic hydroxyl groups is 1. The Hall–Kier alpha value is -2.41. The summed E-state index contributed by atoms with van der Waals surface area (Å²) >= 11 is 0. The van der Waals surface area contributed by atoms with Gasteiger partial charge in [0.05, 0.1) is 34.2 Å². The summed E-state index contributed by atoms with van der Waals surface area (Å²) in [6.45, 7) is 7.94. The highest BCUT2D eigenvalue weighted by Crippen LogP contribution is 2.25. The lowest BCUT2D eigenvalue weighted by Crippen LogP contribution is -2.22. The Morgan fingerprint density at radius 3 is 1.53 bits per heavy atom. The van der Waals surface area contributed by atoms with Crippen molar-refractivity contribution >= 4 is 49.4 Å². The first-order chi connectivity index (χ1) is 25.1. The molecule has 0 aliphatic carbocycles. The van der Waals surface area contributed by atoms with Crippen molar-refractivity contribution in [2.75, 3.05) is 37.9 Å². The van der Waals surface area contributed by atoms with E-state index in [-0.39, 0.29) is 17.8 Å². The van der Waals surface area contributed by atoms with E-state index < -0.39 is 27.9 Å². The number of allylic oxidation sites excluding steroid dienone is 1. The van der Waals surface area contributed by atoms with Gasteiger partial charge in [0, 0.05) is 24.7 Å². The summed E-state index contributed by atoms with van der Waals surface area (Å²) in [5.74, 6) is 0.954. The molecule has 2 aliphatic rings. The molecule has 11 nitrogen and oxygen atoms in total. The standard InChI is InChI=1S/C15H22O4S2.C10H14O3S2.C7H8O3S.C5H8O/c1-13-6-8-14(9-7-13)21(16,17)20-12-4-11-19-15-5-2-3-10-18-15;1-9-3-5-10(6-4-9)15(12,13)14-8-2-7-11;1-6-2-4-7(5-3-6)11(8,9)10;1-2-4-6-5-3-1/h6-9,15H,2-5,10-12H2,1H3;3-6,11H,2,7-8H2,1H3;2-5H,1H3,(H,8,9,10);2,4H,1,3,5H2. The van der Waals surface area contributed by atoms with Gasteiger partial charge in [-0.25, -0.2) is 16.8 Å². The summed E-state index contributed by atoms with van der Waals surface area (Å²) in [4.78, 5) is 0.633. The van der Waals surface area contributed by atoms with Crippen molar-refractivity contribution in [1.29, 1.82) is 0 Å². The van der Waals surface area contributed by atoms with Gasteiger partial charge in [-0.15, -0.1) is 0 Å². The zero-order chi connectivity index (χ0) is 39.2. The van der Waals surface area contributed by atoms with Crippen molar-refractivity contribution in [3.05, 3.63) is 102 Å². The van der Waals surface area contributed by atoms with E-state index in [0.717, 1.165) is 70.8 Å². The third-order valence-corrected chi connectivity index (χ3v) is 15.4. The molecule has 53 heavy (non-hydrogen) atoms. The molecule has 1 saturated heterocycles. The van der Waals surface area contributed by atoms with E-state index in [4.69, 9.17) is 23.9 Å². The zero-order valence-electron chi connectivity index (χ0n) is 30.5. The summed E-state index contributed by atoms with van der Waals surface area (Å²) in [6, 6.07) is 19.7. The smallest absolute Gasteiger partial charge is 0.294 e. The number of ether oxygens (including phenoxy) is 3. The molecule has 0 radical (unpaired) electrons. The van der Waals surface area contributed by atoms with Crippen LogP contribution >= 0.6 is 21.6 Å². The van der Waals surface area contributed by atoms with Crippen molar-refractivity contribution in [3.8, 4) is 0 Å². The number of hydrogen-bond acceptors (Lipinski definition) is 12. The predicted octanol–water partition coefficient (Wildman–Crippen LogP) is 7.70. The van der Waals surface area contributed by atoms with E-state index in [1.54, 1.807) is 54.8 Å². The first-order valence-corrected chi connectivity index (χ1v) is 24.6. The molecule has 3 aromatic carbocycles. The van der Waals surface area contributed by atoms with Crippen LogP contribution in [0.4, 0.5) is 0 Å². The van der Waals surface area contributed by atoms with Crippen molar-refractivity contribution in [3.63, 3.8) is 0 Å². The number of rotatable bonds is 13. The average Bonchev–Trinajstić information content (AvgIpc) is 3.14. The van der Waals surface area contributed by atoms with Crippen LogP contribution < -0.4 is 0 Å². The van der Waals surface area contributed by atoms with Crippen molar-refractivity contribution in [2.24, 2.45) is 0 Å². The van der Waals surface area contributed by atoms with Crippen LogP contribution in [0.15, 0.2) is 99.8 Å². The van der Waals surface area contributed by atoms with Gasteiger partial charge >= 0.3 is 0 Å². The minimum Gasteiger partial charge on any atom is -0.502 e. The van der Waals surface area contributed by atoms with Gasteiger partial charge in [-0.3, -0.25) is 4.55 Å². The van der Waals surface area contributed by atoms with Crippen molar-refractivity contribution in [2.45, 2.75) is 86.7 Å². The van der Waals surface area contributed by atoms with Gasteiger partial charge in [0.15, 0.2) is 6.29 Å². The number of aliphatic hydroxyl groups excluding tert-OH is 1. The minimum absolute atomic E-state index is 0.0242. The molecule has 0 amide bonds. The Morgan fingerprint density at radius 1 is 0.679 bits per heavy atom. The number of aryl methyl sites for hydroxylation is 3. The summed E-state index contributed by atoms with van der Waals surface area (Å²) in [5, 5.41) is 8.56. The van der Waals surface area contributed by atoms with Gasteiger partial charge in [0.25, 0.3) is 10.1 Å². The summed E-state index contributed by atoms with van der Waals surface area (Å²) in [7, 11) is -8.67. The van der Waals surface area contributed by atoms with Crippen molar-refractivity contribution in [1.82, 2.24) is 0 Å². The number of hydrogen-bond donors (Lipinski definition) is 2.